The number of ether oxygens (including phenoxy) is 2. The van der Waals surface area contributed by atoms with Gasteiger partial charge in [-0.05, 0) is 49.9 Å². The summed E-state index contributed by atoms with van der Waals surface area (Å²) in [6, 6.07) is 7.55. The fourth-order valence-electron chi connectivity index (χ4n) is 3.77. The summed E-state index contributed by atoms with van der Waals surface area (Å²) in [7, 11) is 0. The highest BCUT2D eigenvalue weighted by Crippen LogP contribution is 2.32. The van der Waals surface area contributed by atoms with Gasteiger partial charge in [-0.1, -0.05) is 0 Å². The molecule has 1 aromatic carbocycles. The monoisotopic (exact) mass is 372 g/mol. The highest BCUT2D eigenvalue weighted by molar-refractivity contribution is 5.94. The van der Waals surface area contributed by atoms with Crippen molar-refractivity contribution in [2.45, 2.75) is 50.7 Å². The first-order valence-electron chi connectivity index (χ1n) is 10.1. The first-order valence-corrected chi connectivity index (χ1v) is 10.1. The van der Waals surface area contributed by atoms with Crippen molar-refractivity contribution < 1.29 is 19.1 Å². The number of hydrogen-bond donors (Lipinski definition) is 1. The molecule has 3 aliphatic rings. The van der Waals surface area contributed by atoms with Gasteiger partial charge in [0.2, 0.25) is 5.91 Å². The van der Waals surface area contributed by atoms with Crippen molar-refractivity contribution in [2.75, 3.05) is 26.3 Å². The quantitative estimate of drug-likeness (QED) is 0.862. The number of nitrogens with one attached hydrogen (secondary N) is 1. The molecule has 4 rings (SSSR count). The summed E-state index contributed by atoms with van der Waals surface area (Å²) in [6.07, 6.45) is 5.72. The summed E-state index contributed by atoms with van der Waals surface area (Å²) in [5.74, 6) is 1.36. The molecule has 2 heterocycles. The van der Waals surface area contributed by atoms with E-state index in [9.17, 15) is 9.59 Å². The zero-order chi connectivity index (χ0) is 18.6. The van der Waals surface area contributed by atoms with Gasteiger partial charge in [0.05, 0.1) is 0 Å². The van der Waals surface area contributed by atoms with Gasteiger partial charge < -0.3 is 19.7 Å². The molecule has 0 aromatic heterocycles. The summed E-state index contributed by atoms with van der Waals surface area (Å²) in [5.41, 5.74) is 0.652. The Bertz CT molecular complexity index is 657. The van der Waals surface area contributed by atoms with Crippen LogP contribution >= 0.6 is 0 Å². The van der Waals surface area contributed by atoms with Crippen LogP contribution < -0.4 is 10.1 Å². The molecule has 0 unspecified atom stereocenters. The van der Waals surface area contributed by atoms with Crippen LogP contribution in [0.1, 0.15) is 48.9 Å². The third kappa shape index (κ3) is 4.80. The maximum atomic E-state index is 12.3. The highest BCUT2D eigenvalue weighted by atomic mass is 16.5. The second kappa shape index (κ2) is 8.30. The van der Waals surface area contributed by atoms with Gasteiger partial charge in [-0.15, -0.1) is 0 Å². The van der Waals surface area contributed by atoms with Gasteiger partial charge in [0.15, 0.2) is 0 Å². The first-order chi connectivity index (χ1) is 13.2. The molecule has 2 amide bonds. The number of carbonyl (C=O) groups is 2. The van der Waals surface area contributed by atoms with Crippen LogP contribution in [0.15, 0.2) is 24.3 Å². The number of hydrogen-bond acceptors (Lipinski definition) is 4. The maximum absolute atomic E-state index is 12.3. The van der Waals surface area contributed by atoms with Crippen molar-refractivity contribution in [1.82, 2.24) is 10.2 Å². The maximum Gasteiger partial charge on any atom is 0.251 e. The molecule has 0 atom stereocenters. The average Bonchev–Trinajstić information content (AvgIpc) is 3.55. The zero-order valence-corrected chi connectivity index (χ0v) is 15.7. The molecule has 2 saturated heterocycles. The Hall–Kier alpha value is -2.08. The van der Waals surface area contributed by atoms with Gasteiger partial charge in [0, 0.05) is 56.7 Å². The molecule has 27 heavy (non-hydrogen) atoms. The second-order valence-electron chi connectivity index (χ2n) is 7.80. The third-order valence-electron chi connectivity index (χ3n) is 5.66. The van der Waals surface area contributed by atoms with Crippen molar-refractivity contribution >= 4 is 11.8 Å². The van der Waals surface area contributed by atoms with Gasteiger partial charge in [-0.25, -0.2) is 0 Å². The summed E-state index contributed by atoms with van der Waals surface area (Å²) in [4.78, 5) is 26.4. The Morgan fingerprint density at radius 1 is 0.963 bits per heavy atom. The molecule has 1 aliphatic carbocycles. The smallest absolute Gasteiger partial charge is 0.251 e. The largest absolute Gasteiger partial charge is 0.490 e. The zero-order valence-electron chi connectivity index (χ0n) is 15.7. The molecule has 1 N–H and O–H groups in total. The minimum Gasteiger partial charge on any atom is -0.490 e. The molecular weight excluding hydrogens is 344 g/mol. The average molecular weight is 372 g/mol. The van der Waals surface area contributed by atoms with E-state index in [-0.39, 0.29) is 18.1 Å². The van der Waals surface area contributed by atoms with Crippen molar-refractivity contribution in [3.05, 3.63) is 29.8 Å². The number of nitrogens with zero attached hydrogens (tertiary/aromatic N) is 1. The lowest BCUT2D eigenvalue weighted by atomic mass is 10.1. The summed E-state index contributed by atoms with van der Waals surface area (Å²) < 4.78 is 11.4. The van der Waals surface area contributed by atoms with E-state index in [4.69, 9.17) is 9.47 Å². The van der Waals surface area contributed by atoms with Gasteiger partial charge in [-0.3, -0.25) is 9.59 Å². The molecule has 6 nitrogen and oxygen atoms in total. The standard InChI is InChI=1S/C21H28N2O4/c24-20(22-17-9-13-26-14-10-17)15-3-5-18(6-4-15)27-19-7-11-23(12-8-19)21(25)16-1-2-16/h3-6,16-17,19H,1-2,7-14H2,(H,22,24). The number of amides is 2. The van der Waals surface area contributed by atoms with E-state index < -0.39 is 0 Å². The topological polar surface area (TPSA) is 67.9 Å². The van der Waals surface area contributed by atoms with Crippen LogP contribution in [-0.4, -0.2) is 55.2 Å². The summed E-state index contributed by atoms with van der Waals surface area (Å²) in [5, 5.41) is 3.07. The molecular formula is C21H28N2O4. The Morgan fingerprint density at radius 3 is 2.26 bits per heavy atom. The van der Waals surface area contributed by atoms with E-state index in [1.54, 1.807) is 0 Å². The van der Waals surface area contributed by atoms with Crippen LogP contribution in [0, 0.1) is 5.92 Å². The number of rotatable bonds is 5. The first kappa shape index (κ1) is 18.3. The summed E-state index contributed by atoms with van der Waals surface area (Å²) in [6.45, 7) is 2.99. The number of benzene rings is 1. The predicted molar refractivity (Wildman–Crippen MR) is 101 cm³/mol. The van der Waals surface area contributed by atoms with E-state index in [2.05, 4.69) is 5.32 Å². The number of piperidine rings is 1. The predicted octanol–water partition coefficient (Wildman–Crippen LogP) is 2.38. The van der Waals surface area contributed by atoms with E-state index >= 15 is 0 Å². The van der Waals surface area contributed by atoms with Crippen LogP contribution in [0.4, 0.5) is 0 Å². The SMILES string of the molecule is O=C(NC1CCOCC1)c1ccc(OC2CCN(C(=O)C3CC3)CC2)cc1. The van der Waals surface area contributed by atoms with Crippen molar-refractivity contribution in [1.29, 1.82) is 0 Å². The molecule has 6 heteroatoms. The molecule has 0 radical (unpaired) electrons. The third-order valence-corrected chi connectivity index (χ3v) is 5.66. The summed E-state index contributed by atoms with van der Waals surface area (Å²) >= 11 is 0. The molecule has 0 spiro atoms. The minimum atomic E-state index is -0.0413. The van der Waals surface area contributed by atoms with Gasteiger partial charge in [0.1, 0.15) is 11.9 Å². The number of likely N-dealkylation sites (tertiary alicyclic amines) is 1. The van der Waals surface area contributed by atoms with Crippen LogP contribution in [0.25, 0.3) is 0 Å². The Kier molecular flexibility index (Phi) is 5.62. The lowest BCUT2D eigenvalue weighted by molar-refractivity contribution is -0.134. The molecule has 0 bridgehead atoms. The molecule has 2 aliphatic heterocycles. The van der Waals surface area contributed by atoms with E-state index in [1.165, 1.54) is 0 Å². The second-order valence-corrected chi connectivity index (χ2v) is 7.80. The van der Waals surface area contributed by atoms with Crippen LogP contribution in [0.5, 0.6) is 5.75 Å². The van der Waals surface area contributed by atoms with Crippen molar-refractivity contribution in [3.63, 3.8) is 0 Å². The molecule has 3 fully saturated rings. The lowest BCUT2D eigenvalue weighted by Gasteiger charge is -2.32. The van der Waals surface area contributed by atoms with E-state index in [1.807, 2.05) is 29.2 Å². The molecule has 146 valence electrons. The highest BCUT2D eigenvalue weighted by Gasteiger charge is 2.35. The minimum absolute atomic E-state index is 0.0413. The molecule has 1 aromatic rings. The van der Waals surface area contributed by atoms with E-state index in [0.717, 1.165) is 57.4 Å². The lowest BCUT2D eigenvalue weighted by Crippen LogP contribution is -2.42. The van der Waals surface area contributed by atoms with Gasteiger partial charge >= 0.3 is 0 Å². The van der Waals surface area contributed by atoms with Crippen LogP contribution in [0.3, 0.4) is 0 Å². The number of carbonyl (C=O) groups excluding carboxylic acids is 2. The Balaban J connectivity index is 1.24. The molecule has 1 saturated carbocycles. The van der Waals surface area contributed by atoms with Gasteiger partial charge in [-0.2, -0.15) is 0 Å². The van der Waals surface area contributed by atoms with E-state index in [0.29, 0.717) is 30.6 Å². The van der Waals surface area contributed by atoms with Crippen molar-refractivity contribution in [3.8, 4) is 5.75 Å². The van der Waals surface area contributed by atoms with Crippen LogP contribution in [-0.2, 0) is 9.53 Å². The Labute approximate surface area is 160 Å². The fraction of sp³-hybridized carbons (Fsp3) is 0.619. The van der Waals surface area contributed by atoms with Gasteiger partial charge in [0.25, 0.3) is 5.91 Å². The van der Waals surface area contributed by atoms with Crippen LogP contribution in [0.2, 0.25) is 0 Å². The fourth-order valence-corrected chi connectivity index (χ4v) is 3.77. The van der Waals surface area contributed by atoms with Crippen molar-refractivity contribution in [2.24, 2.45) is 5.92 Å². The normalized spacial score (nSPS) is 21.7. The Morgan fingerprint density at radius 2 is 1.63 bits per heavy atom.